The number of fused-ring (bicyclic) bond motifs is 1. The van der Waals surface area contributed by atoms with Crippen LogP contribution in [0.3, 0.4) is 0 Å². The molecule has 0 spiro atoms. The predicted octanol–water partition coefficient (Wildman–Crippen LogP) is 3.32. The number of aryl methyl sites for hydroxylation is 1. The Kier molecular flexibility index (Phi) is 3.21. The molecule has 0 atom stereocenters. The number of carboxylic acid groups (broad SMARTS) is 1. The van der Waals surface area contributed by atoms with Crippen molar-refractivity contribution in [2.75, 3.05) is 11.4 Å². The van der Waals surface area contributed by atoms with Crippen molar-refractivity contribution in [2.45, 2.75) is 19.3 Å². The number of aromatic carboxylic acids is 1. The van der Waals surface area contributed by atoms with E-state index >= 15 is 0 Å². The maximum atomic E-state index is 10.9. The van der Waals surface area contributed by atoms with Gasteiger partial charge in [0.2, 0.25) is 0 Å². The van der Waals surface area contributed by atoms with Crippen molar-refractivity contribution in [2.24, 2.45) is 0 Å². The lowest BCUT2D eigenvalue weighted by Gasteiger charge is -2.21. The molecular weight excluding hydrogens is 260 g/mol. The molecule has 3 rings (SSSR count). The van der Waals surface area contributed by atoms with Crippen LogP contribution in [-0.2, 0) is 6.42 Å². The van der Waals surface area contributed by atoms with Crippen molar-refractivity contribution in [3.05, 3.63) is 40.9 Å². The van der Waals surface area contributed by atoms with Crippen LogP contribution < -0.4 is 4.90 Å². The van der Waals surface area contributed by atoms with Gasteiger partial charge in [0.15, 0.2) is 10.8 Å². The molecule has 1 aliphatic rings. The molecule has 0 saturated heterocycles. The molecule has 1 aromatic carbocycles. The molecule has 2 aromatic rings. The highest BCUT2D eigenvalue weighted by molar-refractivity contribution is 7.14. The summed E-state index contributed by atoms with van der Waals surface area (Å²) in [6.07, 6.45) is 3.32. The SMILES string of the molecule is O=C(O)c1csc(N2CCCCc3ccccc32)n1. The predicted molar refractivity (Wildman–Crippen MR) is 75.5 cm³/mol. The zero-order chi connectivity index (χ0) is 13.2. The van der Waals surface area contributed by atoms with Crippen LogP contribution >= 0.6 is 11.3 Å². The minimum absolute atomic E-state index is 0.127. The number of rotatable bonds is 2. The molecule has 0 aliphatic carbocycles. The van der Waals surface area contributed by atoms with Gasteiger partial charge in [-0.1, -0.05) is 18.2 Å². The average molecular weight is 274 g/mol. The lowest BCUT2D eigenvalue weighted by atomic mass is 10.1. The Hall–Kier alpha value is -1.88. The summed E-state index contributed by atoms with van der Waals surface area (Å²) in [6.45, 7) is 0.892. The summed E-state index contributed by atoms with van der Waals surface area (Å²) < 4.78 is 0. The third-order valence-corrected chi connectivity index (χ3v) is 4.17. The molecule has 0 fully saturated rings. The van der Waals surface area contributed by atoms with Crippen molar-refractivity contribution >= 4 is 28.1 Å². The standard InChI is InChI=1S/C14H14N2O2S/c17-13(18)11-9-19-14(15-11)16-8-4-3-6-10-5-1-2-7-12(10)16/h1-2,5,7,9H,3-4,6,8H2,(H,17,18). The van der Waals surface area contributed by atoms with Gasteiger partial charge in [0, 0.05) is 17.6 Å². The minimum Gasteiger partial charge on any atom is -0.476 e. The number of thiazole rings is 1. The van der Waals surface area contributed by atoms with Crippen LogP contribution in [0, 0.1) is 0 Å². The fourth-order valence-corrected chi connectivity index (χ4v) is 3.22. The summed E-state index contributed by atoms with van der Waals surface area (Å²) in [6, 6.07) is 8.29. The summed E-state index contributed by atoms with van der Waals surface area (Å²) in [5.74, 6) is -0.967. The Morgan fingerprint density at radius 2 is 2.16 bits per heavy atom. The molecule has 0 radical (unpaired) electrons. The van der Waals surface area contributed by atoms with Gasteiger partial charge in [-0.25, -0.2) is 9.78 Å². The first-order chi connectivity index (χ1) is 9.25. The average Bonchev–Trinajstić information content (AvgIpc) is 2.80. The topological polar surface area (TPSA) is 53.4 Å². The normalized spacial score (nSPS) is 14.8. The number of aromatic nitrogens is 1. The largest absolute Gasteiger partial charge is 0.476 e. The number of benzene rings is 1. The summed E-state index contributed by atoms with van der Waals surface area (Å²) in [7, 11) is 0. The van der Waals surface area contributed by atoms with Gasteiger partial charge in [0.05, 0.1) is 0 Å². The van der Waals surface area contributed by atoms with Gasteiger partial charge in [-0.3, -0.25) is 0 Å². The summed E-state index contributed by atoms with van der Waals surface area (Å²) in [4.78, 5) is 17.3. The number of carbonyl (C=O) groups is 1. The third-order valence-electron chi connectivity index (χ3n) is 3.30. The maximum Gasteiger partial charge on any atom is 0.355 e. The number of carboxylic acids is 1. The highest BCUT2D eigenvalue weighted by Crippen LogP contribution is 2.34. The van der Waals surface area contributed by atoms with E-state index in [1.807, 2.05) is 12.1 Å². The summed E-state index contributed by atoms with van der Waals surface area (Å²) >= 11 is 1.39. The van der Waals surface area contributed by atoms with Crippen LogP contribution in [-0.4, -0.2) is 22.6 Å². The van der Waals surface area contributed by atoms with E-state index in [4.69, 9.17) is 5.11 Å². The van der Waals surface area contributed by atoms with E-state index < -0.39 is 5.97 Å². The van der Waals surface area contributed by atoms with Gasteiger partial charge in [-0.2, -0.15) is 0 Å². The summed E-state index contributed by atoms with van der Waals surface area (Å²) in [5.41, 5.74) is 2.60. The highest BCUT2D eigenvalue weighted by atomic mass is 32.1. The zero-order valence-electron chi connectivity index (χ0n) is 10.4. The van der Waals surface area contributed by atoms with E-state index in [-0.39, 0.29) is 5.69 Å². The first-order valence-electron chi connectivity index (χ1n) is 6.30. The smallest absolute Gasteiger partial charge is 0.355 e. The fourth-order valence-electron chi connectivity index (χ4n) is 2.38. The van der Waals surface area contributed by atoms with Crippen molar-refractivity contribution in [1.82, 2.24) is 4.98 Å². The lowest BCUT2D eigenvalue weighted by molar-refractivity contribution is 0.0691. The quantitative estimate of drug-likeness (QED) is 0.912. The van der Waals surface area contributed by atoms with Gasteiger partial charge in [0.25, 0.3) is 0 Å². The number of hydrogen-bond donors (Lipinski definition) is 1. The van der Waals surface area contributed by atoms with Gasteiger partial charge < -0.3 is 10.0 Å². The molecule has 5 heteroatoms. The highest BCUT2D eigenvalue weighted by Gasteiger charge is 2.20. The van der Waals surface area contributed by atoms with Crippen LogP contribution in [0.4, 0.5) is 10.8 Å². The molecular formula is C14H14N2O2S. The molecule has 1 aliphatic heterocycles. The van der Waals surface area contributed by atoms with E-state index in [0.29, 0.717) is 0 Å². The Labute approximate surface area is 115 Å². The van der Waals surface area contributed by atoms with Gasteiger partial charge in [-0.15, -0.1) is 11.3 Å². The number of hydrogen-bond acceptors (Lipinski definition) is 4. The van der Waals surface area contributed by atoms with Crippen LogP contribution in [0.5, 0.6) is 0 Å². The Morgan fingerprint density at radius 1 is 1.32 bits per heavy atom. The number of para-hydroxylation sites is 1. The van der Waals surface area contributed by atoms with Crippen LogP contribution in [0.2, 0.25) is 0 Å². The second-order valence-electron chi connectivity index (χ2n) is 4.56. The summed E-state index contributed by atoms with van der Waals surface area (Å²) in [5, 5.41) is 11.3. The Balaban J connectivity index is 2.01. The molecule has 0 unspecified atom stereocenters. The molecule has 98 valence electrons. The molecule has 1 aromatic heterocycles. The van der Waals surface area contributed by atoms with Crippen molar-refractivity contribution in [3.8, 4) is 0 Å². The fraction of sp³-hybridized carbons (Fsp3) is 0.286. The van der Waals surface area contributed by atoms with Crippen LogP contribution in [0.15, 0.2) is 29.6 Å². The Morgan fingerprint density at radius 3 is 2.95 bits per heavy atom. The number of anilines is 2. The minimum atomic E-state index is -0.967. The van der Waals surface area contributed by atoms with E-state index in [1.165, 1.54) is 16.9 Å². The monoisotopic (exact) mass is 274 g/mol. The first-order valence-corrected chi connectivity index (χ1v) is 7.18. The van der Waals surface area contributed by atoms with Gasteiger partial charge >= 0.3 is 5.97 Å². The van der Waals surface area contributed by atoms with E-state index in [0.717, 1.165) is 36.6 Å². The van der Waals surface area contributed by atoms with Crippen LogP contribution in [0.25, 0.3) is 0 Å². The number of nitrogens with zero attached hydrogens (tertiary/aromatic N) is 2. The second kappa shape index (κ2) is 5.01. The van der Waals surface area contributed by atoms with Crippen molar-refractivity contribution in [1.29, 1.82) is 0 Å². The third kappa shape index (κ3) is 2.33. The lowest BCUT2D eigenvalue weighted by Crippen LogP contribution is -2.17. The molecule has 4 nitrogen and oxygen atoms in total. The molecule has 0 bridgehead atoms. The Bertz CT molecular complexity index is 609. The van der Waals surface area contributed by atoms with Crippen molar-refractivity contribution < 1.29 is 9.90 Å². The van der Waals surface area contributed by atoms with Crippen molar-refractivity contribution in [3.63, 3.8) is 0 Å². The van der Waals surface area contributed by atoms with E-state index in [2.05, 4.69) is 22.0 Å². The van der Waals surface area contributed by atoms with E-state index in [1.54, 1.807) is 5.38 Å². The molecule has 19 heavy (non-hydrogen) atoms. The van der Waals surface area contributed by atoms with Gasteiger partial charge in [0.1, 0.15) is 0 Å². The molecule has 1 N–H and O–H groups in total. The van der Waals surface area contributed by atoms with Gasteiger partial charge in [-0.05, 0) is 30.9 Å². The zero-order valence-corrected chi connectivity index (χ0v) is 11.2. The molecule has 2 heterocycles. The molecule has 0 saturated carbocycles. The molecule has 0 amide bonds. The second-order valence-corrected chi connectivity index (χ2v) is 5.39. The van der Waals surface area contributed by atoms with Crippen LogP contribution in [0.1, 0.15) is 28.9 Å². The maximum absolute atomic E-state index is 10.9. The van der Waals surface area contributed by atoms with E-state index in [9.17, 15) is 4.79 Å². The first kappa shape index (κ1) is 12.2.